The maximum Gasteiger partial charge on any atom is 0.246 e. The van der Waals surface area contributed by atoms with E-state index in [-0.39, 0.29) is 17.9 Å². The normalized spacial score (nSPS) is 18.4. The van der Waals surface area contributed by atoms with Crippen molar-refractivity contribution >= 4 is 17.5 Å². The number of nitrogens with zero attached hydrogens (tertiary/aromatic N) is 2. The second-order valence-electron chi connectivity index (χ2n) is 8.83. The van der Waals surface area contributed by atoms with Crippen molar-refractivity contribution in [2.24, 2.45) is 0 Å². The number of hydrogen-bond donors (Lipinski definition) is 2. The van der Waals surface area contributed by atoms with Crippen LogP contribution in [0, 0.1) is 13.8 Å². The molecule has 1 heterocycles. The third-order valence-corrected chi connectivity index (χ3v) is 5.93. The summed E-state index contributed by atoms with van der Waals surface area (Å²) in [5, 5.41) is 6.19. The summed E-state index contributed by atoms with van der Waals surface area (Å²) in [6.45, 7) is 7.56. The van der Waals surface area contributed by atoms with Gasteiger partial charge in [0.25, 0.3) is 0 Å². The average molecular weight is 421 g/mol. The van der Waals surface area contributed by atoms with E-state index < -0.39 is 0 Å². The molecular formula is C25H32N4O2. The molecule has 0 aromatic heterocycles. The highest BCUT2D eigenvalue weighted by atomic mass is 16.2. The fourth-order valence-electron chi connectivity index (χ4n) is 4.30. The molecule has 2 aromatic carbocycles. The minimum Gasteiger partial charge on any atom is -0.352 e. The average Bonchev–Trinajstić information content (AvgIpc) is 3.53. The van der Waals surface area contributed by atoms with E-state index in [1.54, 1.807) is 0 Å². The van der Waals surface area contributed by atoms with Crippen LogP contribution in [0.15, 0.2) is 48.5 Å². The first kappa shape index (κ1) is 21.5. The monoisotopic (exact) mass is 420 g/mol. The standard InChI is InChI=1S/C25H32N4O2/c1-18-14-19(2)16-22(15-18)27-25(31)24(20-6-4-3-5-7-20)29-12-10-28(11-13-29)17-23(30)26-21-8-9-21/h3-7,14-16,21,24H,8-13,17H2,1-2H3,(H,26,30)(H,27,31)/t24-/m1/s1. The van der Waals surface area contributed by atoms with Crippen LogP contribution in [-0.2, 0) is 9.59 Å². The molecule has 1 aliphatic carbocycles. The molecule has 1 saturated heterocycles. The Labute approximate surface area is 184 Å². The Kier molecular flexibility index (Phi) is 6.68. The van der Waals surface area contributed by atoms with Crippen LogP contribution in [0.2, 0.25) is 0 Å². The van der Waals surface area contributed by atoms with E-state index in [2.05, 4.69) is 26.5 Å². The number of hydrogen-bond acceptors (Lipinski definition) is 4. The lowest BCUT2D eigenvalue weighted by Crippen LogP contribution is -2.52. The SMILES string of the molecule is Cc1cc(C)cc(NC(=O)[C@@H](c2ccccc2)N2CCN(CC(=O)NC3CC3)CC2)c1. The summed E-state index contributed by atoms with van der Waals surface area (Å²) < 4.78 is 0. The summed E-state index contributed by atoms with van der Waals surface area (Å²) in [7, 11) is 0. The zero-order valence-electron chi connectivity index (χ0n) is 18.4. The van der Waals surface area contributed by atoms with Gasteiger partial charge in [-0.15, -0.1) is 0 Å². The Morgan fingerprint density at radius 1 is 0.968 bits per heavy atom. The molecule has 6 nitrogen and oxygen atoms in total. The Balaban J connectivity index is 1.43. The third kappa shape index (κ3) is 5.93. The van der Waals surface area contributed by atoms with Crippen LogP contribution in [0.5, 0.6) is 0 Å². The lowest BCUT2D eigenvalue weighted by Gasteiger charge is -2.38. The minimum atomic E-state index is -0.357. The van der Waals surface area contributed by atoms with E-state index in [1.807, 2.05) is 56.3 Å². The van der Waals surface area contributed by atoms with Crippen molar-refractivity contribution < 1.29 is 9.59 Å². The first-order valence-electron chi connectivity index (χ1n) is 11.2. The molecule has 6 heteroatoms. The van der Waals surface area contributed by atoms with Gasteiger partial charge in [-0.1, -0.05) is 36.4 Å². The molecule has 1 atom stereocenters. The topological polar surface area (TPSA) is 64.7 Å². The minimum absolute atomic E-state index is 0.0175. The Bertz CT molecular complexity index is 898. The maximum atomic E-state index is 13.4. The van der Waals surface area contributed by atoms with E-state index in [9.17, 15) is 9.59 Å². The largest absolute Gasteiger partial charge is 0.352 e. The van der Waals surface area contributed by atoms with Crippen molar-refractivity contribution in [1.29, 1.82) is 0 Å². The molecule has 0 spiro atoms. The molecule has 4 rings (SSSR count). The Morgan fingerprint density at radius 2 is 1.61 bits per heavy atom. The van der Waals surface area contributed by atoms with Crippen LogP contribution < -0.4 is 10.6 Å². The molecule has 2 N–H and O–H groups in total. The molecule has 31 heavy (non-hydrogen) atoms. The van der Waals surface area contributed by atoms with E-state index in [4.69, 9.17) is 0 Å². The zero-order chi connectivity index (χ0) is 21.8. The predicted octanol–water partition coefficient (Wildman–Crippen LogP) is 2.88. The second kappa shape index (κ2) is 9.62. The van der Waals surface area contributed by atoms with Crippen molar-refractivity contribution in [3.63, 3.8) is 0 Å². The summed E-state index contributed by atoms with van der Waals surface area (Å²) in [5.74, 6) is 0.0965. The predicted molar refractivity (Wildman–Crippen MR) is 123 cm³/mol. The highest BCUT2D eigenvalue weighted by Crippen LogP contribution is 2.25. The van der Waals surface area contributed by atoms with Gasteiger partial charge in [-0.05, 0) is 55.5 Å². The fourth-order valence-corrected chi connectivity index (χ4v) is 4.30. The van der Waals surface area contributed by atoms with Crippen molar-refractivity contribution in [2.45, 2.75) is 38.8 Å². The summed E-state index contributed by atoms with van der Waals surface area (Å²) >= 11 is 0. The fraction of sp³-hybridized carbons (Fsp3) is 0.440. The Hall–Kier alpha value is -2.70. The van der Waals surface area contributed by atoms with Gasteiger partial charge in [0.2, 0.25) is 11.8 Å². The smallest absolute Gasteiger partial charge is 0.246 e. The first-order chi connectivity index (χ1) is 15.0. The van der Waals surface area contributed by atoms with Crippen LogP contribution in [0.25, 0.3) is 0 Å². The molecule has 164 valence electrons. The van der Waals surface area contributed by atoms with Gasteiger partial charge in [-0.3, -0.25) is 19.4 Å². The van der Waals surface area contributed by atoms with E-state index in [1.165, 1.54) is 0 Å². The highest BCUT2D eigenvalue weighted by Gasteiger charge is 2.31. The van der Waals surface area contributed by atoms with Gasteiger partial charge in [0.05, 0.1) is 6.54 Å². The quantitative estimate of drug-likeness (QED) is 0.723. The van der Waals surface area contributed by atoms with Gasteiger partial charge < -0.3 is 10.6 Å². The summed E-state index contributed by atoms with van der Waals surface area (Å²) in [5.41, 5.74) is 4.08. The van der Waals surface area contributed by atoms with Crippen LogP contribution in [0.1, 0.15) is 35.6 Å². The second-order valence-corrected chi connectivity index (χ2v) is 8.83. The van der Waals surface area contributed by atoms with Crippen molar-refractivity contribution in [3.8, 4) is 0 Å². The lowest BCUT2D eigenvalue weighted by atomic mass is 10.0. The van der Waals surface area contributed by atoms with Crippen molar-refractivity contribution in [3.05, 3.63) is 65.2 Å². The summed E-state index contributed by atoms with van der Waals surface area (Å²) in [6, 6.07) is 16.1. The number of benzene rings is 2. The van der Waals surface area contributed by atoms with Crippen LogP contribution in [0.4, 0.5) is 5.69 Å². The van der Waals surface area contributed by atoms with E-state index in [0.717, 1.165) is 61.4 Å². The summed E-state index contributed by atoms with van der Waals surface area (Å²) in [4.78, 5) is 29.9. The molecule has 0 unspecified atom stereocenters. The maximum absolute atomic E-state index is 13.4. The molecule has 1 saturated carbocycles. The van der Waals surface area contributed by atoms with Crippen LogP contribution in [-0.4, -0.2) is 60.4 Å². The van der Waals surface area contributed by atoms with Crippen molar-refractivity contribution in [2.75, 3.05) is 38.0 Å². The summed E-state index contributed by atoms with van der Waals surface area (Å²) in [6.07, 6.45) is 2.21. The Morgan fingerprint density at radius 3 is 2.23 bits per heavy atom. The number of nitrogens with one attached hydrogen (secondary N) is 2. The van der Waals surface area contributed by atoms with E-state index >= 15 is 0 Å². The molecule has 2 aromatic rings. The van der Waals surface area contributed by atoms with Gasteiger partial charge in [-0.2, -0.15) is 0 Å². The van der Waals surface area contributed by atoms with E-state index in [0.29, 0.717) is 12.6 Å². The number of anilines is 1. The van der Waals surface area contributed by atoms with Crippen molar-refractivity contribution in [1.82, 2.24) is 15.1 Å². The number of piperazine rings is 1. The number of rotatable bonds is 7. The molecule has 0 bridgehead atoms. The molecule has 2 amide bonds. The molecular weight excluding hydrogens is 388 g/mol. The number of carbonyl (C=O) groups is 2. The van der Waals surface area contributed by atoms with Crippen LogP contribution in [0.3, 0.4) is 0 Å². The van der Waals surface area contributed by atoms with Gasteiger partial charge in [0.15, 0.2) is 0 Å². The zero-order valence-corrected chi connectivity index (χ0v) is 18.4. The van der Waals surface area contributed by atoms with Crippen LogP contribution >= 0.6 is 0 Å². The van der Waals surface area contributed by atoms with Gasteiger partial charge in [0.1, 0.15) is 6.04 Å². The lowest BCUT2D eigenvalue weighted by molar-refractivity contribution is -0.125. The molecule has 2 aliphatic rings. The molecule has 2 fully saturated rings. The molecule has 0 radical (unpaired) electrons. The number of carbonyl (C=O) groups excluding carboxylic acids is 2. The van der Waals surface area contributed by atoms with Gasteiger partial charge in [0, 0.05) is 37.9 Å². The van der Waals surface area contributed by atoms with Gasteiger partial charge in [-0.25, -0.2) is 0 Å². The number of aryl methyl sites for hydroxylation is 2. The third-order valence-electron chi connectivity index (χ3n) is 5.93. The highest BCUT2D eigenvalue weighted by molar-refractivity contribution is 5.95. The number of amides is 2. The first-order valence-corrected chi connectivity index (χ1v) is 11.2. The molecule has 1 aliphatic heterocycles. The van der Waals surface area contributed by atoms with Gasteiger partial charge >= 0.3 is 0 Å².